The Labute approximate surface area is 145 Å². The number of benzene rings is 2. The molecule has 0 amide bonds. The topological polar surface area (TPSA) is 78.6 Å². The van der Waals surface area contributed by atoms with Crippen molar-refractivity contribution < 1.29 is 17.9 Å². The van der Waals surface area contributed by atoms with Gasteiger partial charge in [-0.15, -0.1) is 0 Å². The summed E-state index contributed by atoms with van der Waals surface area (Å²) in [6.07, 6.45) is 0. The first-order valence-corrected chi connectivity index (χ1v) is 9.43. The van der Waals surface area contributed by atoms with E-state index in [4.69, 9.17) is 27.4 Å². The van der Waals surface area contributed by atoms with Crippen LogP contribution in [-0.4, -0.2) is 25.4 Å². The third-order valence-corrected chi connectivity index (χ3v) is 7.00. The first-order valence-electron chi connectivity index (χ1n) is 7.48. The molecule has 1 aliphatic heterocycles. The van der Waals surface area contributed by atoms with Gasteiger partial charge in [-0.05, 0) is 29.8 Å². The van der Waals surface area contributed by atoms with Crippen LogP contribution in [0.2, 0.25) is 0 Å². The van der Waals surface area contributed by atoms with Gasteiger partial charge < -0.3 is 15.2 Å². The zero-order valence-electron chi connectivity index (χ0n) is 12.6. The molecule has 0 radical (unpaired) electrons. The van der Waals surface area contributed by atoms with Gasteiger partial charge >= 0.3 is 0 Å². The van der Waals surface area contributed by atoms with Crippen LogP contribution in [0.25, 0.3) is 0 Å². The van der Waals surface area contributed by atoms with Gasteiger partial charge in [0.1, 0.15) is 0 Å². The fourth-order valence-electron chi connectivity index (χ4n) is 3.29. The molecule has 0 unspecified atom stereocenters. The second-order valence-electron chi connectivity index (χ2n) is 5.89. The van der Waals surface area contributed by atoms with Gasteiger partial charge in [0.05, 0.1) is 15.1 Å². The molecule has 2 aromatic rings. The Morgan fingerprint density at radius 2 is 1.79 bits per heavy atom. The van der Waals surface area contributed by atoms with Crippen molar-refractivity contribution in [3.8, 4) is 11.5 Å². The van der Waals surface area contributed by atoms with E-state index in [1.54, 1.807) is 36.4 Å². The highest BCUT2D eigenvalue weighted by Gasteiger charge is 2.60. The van der Waals surface area contributed by atoms with E-state index in [1.807, 2.05) is 12.1 Å². The minimum Gasteiger partial charge on any atom is -0.454 e. The monoisotopic (exact) mass is 361 g/mol. The number of thiocarbonyl (C=S) groups is 1. The molecule has 1 heterocycles. The lowest BCUT2D eigenvalue weighted by molar-refractivity contribution is 0.174. The first-order chi connectivity index (χ1) is 11.5. The molecule has 2 aromatic carbocycles. The summed E-state index contributed by atoms with van der Waals surface area (Å²) in [7, 11) is -3.51. The Bertz CT molecular complexity index is 911. The predicted octanol–water partition coefficient (Wildman–Crippen LogP) is 2.26. The Morgan fingerprint density at radius 1 is 1.08 bits per heavy atom. The molecular formula is C17H15NO4S2. The van der Waals surface area contributed by atoms with Crippen LogP contribution in [0.3, 0.4) is 0 Å². The summed E-state index contributed by atoms with van der Waals surface area (Å²) >= 11 is 5.11. The SMILES string of the molecule is NC(=S)[C@H]1[C@@H](c2ccc3c(c2)OCO3)[C@@H]1S(=O)(=O)c1ccccc1. The van der Waals surface area contributed by atoms with Gasteiger partial charge in [-0.25, -0.2) is 8.42 Å². The number of hydrogen-bond donors (Lipinski definition) is 1. The third-order valence-electron chi connectivity index (χ3n) is 4.49. The number of rotatable bonds is 4. The van der Waals surface area contributed by atoms with Crippen LogP contribution >= 0.6 is 12.2 Å². The lowest BCUT2D eigenvalue weighted by Gasteiger charge is -2.04. The average Bonchev–Trinajstić information content (AvgIpc) is 3.19. The maximum absolute atomic E-state index is 13.0. The average molecular weight is 361 g/mol. The summed E-state index contributed by atoms with van der Waals surface area (Å²) in [6, 6.07) is 13.9. The number of sulfone groups is 1. The summed E-state index contributed by atoms with van der Waals surface area (Å²) < 4.78 is 36.6. The zero-order chi connectivity index (χ0) is 16.9. The zero-order valence-corrected chi connectivity index (χ0v) is 14.2. The first kappa shape index (κ1) is 15.4. The van der Waals surface area contributed by atoms with Gasteiger partial charge in [0.25, 0.3) is 0 Å². The summed E-state index contributed by atoms with van der Waals surface area (Å²) in [6.45, 7) is 0.175. The molecule has 7 heteroatoms. The second kappa shape index (κ2) is 5.46. The van der Waals surface area contributed by atoms with Crippen molar-refractivity contribution >= 4 is 27.0 Å². The summed E-state index contributed by atoms with van der Waals surface area (Å²) in [5.41, 5.74) is 6.66. The van der Waals surface area contributed by atoms with E-state index in [9.17, 15) is 8.42 Å². The molecular weight excluding hydrogens is 346 g/mol. The van der Waals surface area contributed by atoms with Crippen molar-refractivity contribution in [2.45, 2.75) is 16.1 Å². The fraction of sp³-hybridized carbons (Fsp3) is 0.235. The Hall–Kier alpha value is -2.12. The van der Waals surface area contributed by atoms with Crippen LogP contribution in [0.5, 0.6) is 11.5 Å². The van der Waals surface area contributed by atoms with Crippen molar-refractivity contribution in [1.29, 1.82) is 0 Å². The Kier molecular flexibility index (Phi) is 3.51. The fourth-order valence-corrected chi connectivity index (χ4v) is 5.85. The van der Waals surface area contributed by atoms with E-state index in [1.165, 1.54) is 0 Å². The van der Waals surface area contributed by atoms with Gasteiger partial charge in [0.15, 0.2) is 21.3 Å². The summed E-state index contributed by atoms with van der Waals surface area (Å²) in [5.74, 6) is 0.651. The van der Waals surface area contributed by atoms with Crippen LogP contribution in [0.4, 0.5) is 0 Å². The molecule has 3 atom stereocenters. The largest absolute Gasteiger partial charge is 0.454 e. The van der Waals surface area contributed by atoms with E-state index in [-0.39, 0.29) is 23.6 Å². The van der Waals surface area contributed by atoms with Gasteiger partial charge in [0, 0.05) is 11.8 Å². The highest BCUT2D eigenvalue weighted by molar-refractivity contribution is 7.92. The summed E-state index contributed by atoms with van der Waals surface area (Å²) in [5, 5.41) is -0.641. The molecule has 0 saturated heterocycles. The smallest absolute Gasteiger partial charge is 0.231 e. The minimum absolute atomic E-state index is 0.175. The number of ether oxygens (including phenoxy) is 2. The number of nitrogens with two attached hydrogens (primary N) is 1. The molecule has 2 N–H and O–H groups in total. The van der Waals surface area contributed by atoms with E-state index in [2.05, 4.69) is 0 Å². The van der Waals surface area contributed by atoms with Crippen LogP contribution in [0, 0.1) is 5.92 Å². The highest BCUT2D eigenvalue weighted by Crippen LogP contribution is 2.55. The van der Waals surface area contributed by atoms with Crippen molar-refractivity contribution in [3.63, 3.8) is 0 Å². The van der Waals surface area contributed by atoms with Gasteiger partial charge in [-0.3, -0.25) is 0 Å². The van der Waals surface area contributed by atoms with E-state index in [0.717, 1.165) is 5.56 Å². The summed E-state index contributed by atoms with van der Waals surface area (Å²) in [4.78, 5) is 0.515. The molecule has 0 aromatic heterocycles. The molecule has 5 nitrogen and oxygen atoms in total. The number of fused-ring (bicyclic) bond motifs is 1. The predicted molar refractivity (Wildman–Crippen MR) is 93.0 cm³/mol. The third kappa shape index (κ3) is 2.35. The van der Waals surface area contributed by atoms with E-state index < -0.39 is 15.1 Å². The van der Waals surface area contributed by atoms with E-state index in [0.29, 0.717) is 16.4 Å². The molecule has 0 spiro atoms. The van der Waals surface area contributed by atoms with E-state index >= 15 is 0 Å². The Morgan fingerprint density at radius 3 is 2.50 bits per heavy atom. The van der Waals surface area contributed by atoms with Crippen molar-refractivity contribution in [2.24, 2.45) is 11.7 Å². The van der Waals surface area contributed by atoms with Crippen LogP contribution < -0.4 is 15.2 Å². The van der Waals surface area contributed by atoms with Crippen molar-refractivity contribution in [3.05, 3.63) is 54.1 Å². The molecule has 0 bridgehead atoms. The molecule has 1 aliphatic carbocycles. The van der Waals surface area contributed by atoms with Crippen LogP contribution in [-0.2, 0) is 9.84 Å². The molecule has 4 rings (SSSR count). The van der Waals surface area contributed by atoms with Crippen LogP contribution in [0.15, 0.2) is 53.4 Å². The molecule has 1 fully saturated rings. The maximum atomic E-state index is 13.0. The quantitative estimate of drug-likeness (QED) is 0.842. The molecule has 1 saturated carbocycles. The maximum Gasteiger partial charge on any atom is 0.231 e. The van der Waals surface area contributed by atoms with Gasteiger partial charge in [-0.1, -0.05) is 36.5 Å². The molecule has 24 heavy (non-hydrogen) atoms. The highest BCUT2D eigenvalue weighted by atomic mass is 32.2. The molecule has 124 valence electrons. The number of hydrogen-bond acceptors (Lipinski definition) is 5. The van der Waals surface area contributed by atoms with Crippen molar-refractivity contribution in [1.82, 2.24) is 0 Å². The Balaban J connectivity index is 1.72. The van der Waals surface area contributed by atoms with Gasteiger partial charge in [-0.2, -0.15) is 0 Å². The van der Waals surface area contributed by atoms with Crippen LogP contribution in [0.1, 0.15) is 11.5 Å². The van der Waals surface area contributed by atoms with Gasteiger partial charge in [0.2, 0.25) is 6.79 Å². The second-order valence-corrected chi connectivity index (χ2v) is 8.47. The molecule has 2 aliphatic rings. The minimum atomic E-state index is -3.51. The normalized spacial score (nSPS) is 24.6. The lowest BCUT2D eigenvalue weighted by atomic mass is 10.1. The van der Waals surface area contributed by atoms with Crippen molar-refractivity contribution in [2.75, 3.05) is 6.79 Å². The standard InChI is InChI=1S/C17H15NO4S2/c18-17(23)15-14(10-6-7-12-13(8-10)22-9-21-12)16(15)24(19,20)11-4-2-1-3-5-11/h1-8,14-16H,9H2,(H2,18,23)/t14-,15+,16+/m1/s1. The lowest BCUT2D eigenvalue weighted by Crippen LogP contribution is -2.17.